The number of hydrogen-bond acceptors (Lipinski definition) is 4. The van der Waals surface area contributed by atoms with Crippen LogP contribution < -0.4 is 15.4 Å². The molecule has 1 aromatic carbocycles. The zero-order valence-corrected chi connectivity index (χ0v) is 19.4. The van der Waals surface area contributed by atoms with Crippen molar-refractivity contribution in [1.82, 2.24) is 10.6 Å². The number of halogens is 1. The van der Waals surface area contributed by atoms with E-state index in [4.69, 9.17) is 11.2 Å². The van der Waals surface area contributed by atoms with Gasteiger partial charge in [0.1, 0.15) is 18.0 Å². The van der Waals surface area contributed by atoms with Crippen LogP contribution in [0.3, 0.4) is 0 Å². The Bertz CT molecular complexity index is 753. The van der Waals surface area contributed by atoms with Gasteiger partial charge in [0.15, 0.2) is 5.96 Å². The molecule has 0 aliphatic carbocycles. The first-order valence-corrected chi connectivity index (χ1v) is 9.92. The predicted octanol–water partition coefficient (Wildman–Crippen LogP) is 3.38. The molecular formula is C21H28IN3O2S. The average Bonchev–Trinajstić information content (AvgIpc) is 3.21. The fraction of sp³-hybridized carbons (Fsp3) is 0.381. The van der Waals surface area contributed by atoms with Gasteiger partial charge < -0.3 is 20.5 Å². The maximum absolute atomic E-state index is 10.6. The van der Waals surface area contributed by atoms with E-state index in [0.29, 0.717) is 12.5 Å². The van der Waals surface area contributed by atoms with Crippen LogP contribution in [0.1, 0.15) is 25.0 Å². The van der Waals surface area contributed by atoms with Gasteiger partial charge in [-0.25, -0.2) is 4.99 Å². The molecule has 3 N–H and O–H groups in total. The van der Waals surface area contributed by atoms with E-state index in [1.807, 2.05) is 48.0 Å². The molecule has 5 nitrogen and oxygen atoms in total. The topological polar surface area (TPSA) is 65.9 Å². The number of rotatable bonds is 9. The van der Waals surface area contributed by atoms with Gasteiger partial charge in [-0.3, -0.25) is 0 Å². The normalized spacial score (nSPS) is 13.0. The Kier molecular flexibility index (Phi) is 11.0. The summed E-state index contributed by atoms with van der Waals surface area (Å²) in [6.45, 7) is 5.86. The van der Waals surface area contributed by atoms with Gasteiger partial charge in [0.05, 0.1) is 6.54 Å². The van der Waals surface area contributed by atoms with E-state index in [-0.39, 0.29) is 30.6 Å². The van der Waals surface area contributed by atoms with Crippen molar-refractivity contribution in [1.29, 1.82) is 0 Å². The Morgan fingerprint density at radius 1 is 1.29 bits per heavy atom. The third-order valence-electron chi connectivity index (χ3n) is 3.98. The monoisotopic (exact) mass is 513 g/mol. The first-order chi connectivity index (χ1) is 13.0. The molecule has 0 fully saturated rings. The summed E-state index contributed by atoms with van der Waals surface area (Å²) in [6.07, 6.45) is 6.04. The highest BCUT2D eigenvalue weighted by atomic mass is 127. The number of aliphatic imine (C=N–C) groups is 1. The quantitative estimate of drug-likeness (QED) is 0.208. The minimum Gasteiger partial charge on any atom is -0.481 e. The molecule has 7 heteroatoms. The highest BCUT2D eigenvalue weighted by Gasteiger charge is 2.23. The molecule has 28 heavy (non-hydrogen) atoms. The van der Waals surface area contributed by atoms with Crippen LogP contribution in [0.25, 0.3) is 0 Å². The predicted molar refractivity (Wildman–Crippen MR) is 128 cm³/mol. The van der Waals surface area contributed by atoms with Gasteiger partial charge >= 0.3 is 0 Å². The third-order valence-corrected chi connectivity index (χ3v) is 4.67. The van der Waals surface area contributed by atoms with E-state index < -0.39 is 5.60 Å². The Balaban J connectivity index is 0.00000392. The lowest BCUT2D eigenvalue weighted by atomic mass is 10.00. The van der Waals surface area contributed by atoms with Crippen LogP contribution in [0.4, 0.5) is 0 Å². The number of ether oxygens (including phenoxy) is 1. The van der Waals surface area contributed by atoms with Crippen LogP contribution in [0.15, 0.2) is 46.1 Å². The van der Waals surface area contributed by atoms with Gasteiger partial charge in [0.25, 0.3) is 0 Å². The Morgan fingerprint density at radius 2 is 2.04 bits per heavy atom. The van der Waals surface area contributed by atoms with Crippen molar-refractivity contribution in [2.24, 2.45) is 4.99 Å². The minimum absolute atomic E-state index is 0. The van der Waals surface area contributed by atoms with Gasteiger partial charge in [-0.2, -0.15) is 11.3 Å². The van der Waals surface area contributed by atoms with Crippen LogP contribution in [0.2, 0.25) is 0 Å². The smallest absolute Gasteiger partial charge is 0.191 e. The Labute approximate surface area is 188 Å². The maximum Gasteiger partial charge on any atom is 0.191 e. The highest BCUT2D eigenvalue weighted by molar-refractivity contribution is 14.0. The van der Waals surface area contributed by atoms with Crippen molar-refractivity contribution in [3.05, 3.63) is 52.2 Å². The van der Waals surface area contributed by atoms with Gasteiger partial charge in [0.2, 0.25) is 0 Å². The Hall–Kier alpha value is -1.76. The maximum atomic E-state index is 10.6. The van der Waals surface area contributed by atoms with Crippen molar-refractivity contribution in [3.63, 3.8) is 0 Å². The molecule has 0 radical (unpaired) electrons. The van der Waals surface area contributed by atoms with E-state index in [1.54, 1.807) is 18.3 Å². The number of guanidine groups is 1. The number of nitrogens with zero attached hydrogens (tertiary/aromatic N) is 1. The summed E-state index contributed by atoms with van der Waals surface area (Å²) in [5.41, 5.74) is 1.10. The summed E-state index contributed by atoms with van der Waals surface area (Å²) in [7, 11) is 0. The minimum atomic E-state index is -0.976. The van der Waals surface area contributed by atoms with Crippen LogP contribution in [0, 0.1) is 12.3 Å². The average molecular weight is 513 g/mol. The van der Waals surface area contributed by atoms with E-state index in [2.05, 4.69) is 21.5 Å². The molecule has 0 bridgehead atoms. The SMILES string of the molecule is C#CCOc1ccc(CCNC(=NCC(C)(O)c2ccsc2)NCC)cc1.I. The molecule has 0 saturated heterocycles. The number of benzene rings is 1. The number of thiophene rings is 1. The molecule has 1 aromatic heterocycles. The largest absolute Gasteiger partial charge is 0.481 e. The first kappa shape index (κ1) is 24.3. The second-order valence-electron chi connectivity index (χ2n) is 6.29. The summed E-state index contributed by atoms with van der Waals surface area (Å²) < 4.78 is 5.38. The molecule has 1 heterocycles. The molecule has 0 spiro atoms. The zero-order valence-electron chi connectivity index (χ0n) is 16.3. The molecule has 2 aromatic rings. The molecule has 0 saturated carbocycles. The zero-order chi connectivity index (χ0) is 19.5. The van der Waals surface area contributed by atoms with E-state index in [1.165, 1.54) is 5.56 Å². The van der Waals surface area contributed by atoms with Gasteiger partial charge in [-0.1, -0.05) is 18.1 Å². The van der Waals surface area contributed by atoms with E-state index in [9.17, 15) is 5.11 Å². The van der Waals surface area contributed by atoms with Crippen LogP contribution in [-0.2, 0) is 12.0 Å². The van der Waals surface area contributed by atoms with Crippen molar-refractivity contribution >= 4 is 41.3 Å². The third kappa shape index (κ3) is 8.09. The fourth-order valence-corrected chi connectivity index (χ4v) is 3.22. The van der Waals surface area contributed by atoms with Gasteiger partial charge in [-0.15, -0.1) is 30.4 Å². The summed E-state index contributed by atoms with van der Waals surface area (Å²) in [5, 5.41) is 21.0. The number of terminal acetylenes is 1. The first-order valence-electron chi connectivity index (χ1n) is 8.97. The van der Waals surface area contributed by atoms with E-state index in [0.717, 1.165) is 30.8 Å². The summed E-state index contributed by atoms with van der Waals surface area (Å²) in [6, 6.07) is 9.82. The standard InChI is InChI=1S/C21H27N3O2S.HI/c1-4-13-26-19-8-6-17(7-9-19)10-12-23-20(22-5-2)24-16-21(3,25)18-11-14-27-15-18;/h1,6-9,11,14-15,25H,5,10,12-13,16H2,2-3H3,(H2,22,23,24);1H. The Morgan fingerprint density at radius 3 is 2.64 bits per heavy atom. The molecular weight excluding hydrogens is 485 g/mol. The van der Waals surface area contributed by atoms with Crippen molar-refractivity contribution in [3.8, 4) is 18.1 Å². The fourth-order valence-electron chi connectivity index (χ4n) is 2.44. The summed E-state index contributed by atoms with van der Waals surface area (Å²) in [4.78, 5) is 4.53. The van der Waals surface area contributed by atoms with Crippen molar-refractivity contribution in [2.75, 3.05) is 26.2 Å². The highest BCUT2D eigenvalue weighted by Crippen LogP contribution is 2.23. The van der Waals surface area contributed by atoms with Gasteiger partial charge in [0, 0.05) is 13.1 Å². The molecule has 1 unspecified atom stereocenters. The molecule has 0 aliphatic rings. The molecule has 1 atom stereocenters. The number of nitrogens with one attached hydrogen (secondary N) is 2. The lowest BCUT2D eigenvalue weighted by Gasteiger charge is -2.21. The second kappa shape index (κ2) is 12.6. The number of hydrogen-bond donors (Lipinski definition) is 3. The van der Waals surface area contributed by atoms with Crippen LogP contribution in [0.5, 0.6) is 5.75 Å². The van der Waals surface area contributed by atoms with E-state index >= 15 is 0 Å². The number of aliphatic hydroxyl groups is 1. The molecule has 2 rings (SSSR count). The lowest BCUT2D eigenvalue weighted by Crippen LogP contribution is -2.39. The summed E-state index contributed by atoms with van der Waals surface area (Å²) >= 11 is 1.57. The summed E-state index contributed by atoms with van der Waals surface area (Å²) in [5.74, 6) is 3.92. The van der Waals surface area contributed by atoms with Crippen molar-refractivity contribution < 1.29 is 9.84 Å². The second-order valence-corrected chi connectivity index (χ2v) is 7.07. The van der Waals surface area contributed by atoms with Crippen molar-refractivity contribution in [2.45, 2.75) is 25.9 Å². The molecule has 152 valence electrons. The van der Waals surface area contributed by atoms with Crippen LogP contribution >= 0.6 is 35.3 Å². The molecule has 0 amide bonds. The van der Waals surface area contributed by atoms with Crippen LogP contribution in [-0.4, -0.2) is 37.3 Å². The molecule has 0 aliphatic heterocycles. The van der Waals surface area contributed by atoms with Gasteiger partial charge in [-0.05, 0) is 60.4 Å². The lowest BCUT2D eigenvalue weighted by molar-refractivity contribution is 0.0677.